The largest absolute Gasteiger partial charge is 0.497 e. The van der Waals surface area contributed by atoms with Crippen LogP contribution in [0.2, 0.25) is 0 Å². The third-order valence-electron chi connectivity index (χ3n) is 5.13. The molecule has 1 aromatic heterocycles. The first kappa shape index (κ1) is 19.2. The molecule has 1 aliphatic heterocycles. The van der Waals surface area contributed by atoms with E-state index in [4.69, 9.17) is 4.74 Å². The van der Waals surface area contributed by atoms with Crippen molar-refractivity contribution in [1.82, 2.24) is 14.7 Å². The van der Waals surface area contributed by atoms with E-state index in [1.54, 1.807) is 25.2 Å². The fourth-order valence-corrected chi connectivity index (χ4v) is 4.99. The van der Waals surface area contributed by atoms with Crippen LogP contribution >= 0.6 is 0 Å². The van der Waals surface area contributed by atoms with E-state index in [1.807, 2.05) is 30.3 Å². The molecule has 1 fully saturated rings. The molecule has 1 amide bonds. The number of aromatic nitrogens is 2. The lowest BCUT2D eigenvalue weighted by Crippen LogP contribution is -2.57. The smallest absolute Gasteiger partial charge is 0.272 e. The maximum absolute atomic E-state index is 12.8. The molecule has 0 unspecified atom stereocenters. The van der Waals surface area contributed by atoms with Crippen LogP contribution in [0.25, 0.3) is 11.3 Å². The topological polar surface area (TPSA) is 81.5 Å². The quantitative estimate of drug-likeness (QED) is 0.644. The third-order valence-corrected chi connectivity index (χ3v) is 7.24. The van der Waals surface area contributed by atoms with Gasteiger partial charge in [0.15, 0.2) is 9.84 Å². The number of aryl methyl sites for hydroxylation is 1. The highest BCUT2D eigenvalue weighted by molar-refractivity contribution is 7.92. The standard InChI is InChI=1S/C21H21N3O4S/c1-23-20(12-19(22-23)15-6-4-3-5-7-15)21(25)24-13-18(14-24)29(26,27)17-10-8-16(28-2)9-11-17/h3-12,18H,13-14H2,1-2H3. The second kappa shape index (κ2) is 7.36. The molecule has 0 aliphatic carbocycles. The molecule has 0 atom stereocenters. The van der Waals surface area contributed by atoms with E-state index in [1.165, 1.54) is 28.8 Å². The van der Waals surface area contributed by atoms with Crippen LogP contribution < -0.4 is 4.74 Å². The molecule has 8 heteroatoms. The first-order valence-electron chi connectivity index (χ1n) is 9.17. The number of likely N-dealkylation sites (tertiary alicyclic amines) is 1. The highest BCUT2D eigenvalue weighted by Gasteiger charge is 2.41. The molecule has 4 rings (SSSR count). The zero-order valence-electron chi connectivity index (χ0n) is 16.1. The first-order chi connectivity index (χ1) is 13.9. The fourth-order valence-electron chi connectivity index (χ4n) is 3.34. The Morgan fingerprint density at radius 1 is 1.07 bits per heavy atom. The number of carbonyl (C=O) groups is 1. The van der Waals surface area contributed by atoms with Gasteiger partial charge in [0.2, 0.25) is 0 Å². The van der Waals surface area contributed by atoms with Crippen molar-refractivity contribution in [2.45, 2.75) is 10.1 Å². The molecule has 2 heterocycles. The maximum atomic E-state index is 12.8. The lowest BCUT2D eigenvalue weighted by atomic mass is 10.1. The van der Waals surface area contributed by atoms with Crippen molar-refractivity contribution in [3.63, 3.8) is 0 Å². The molecule has 0 saturated carbocycles. The summed E-state index contributed by atoms with van der Waals surface area (Å²) in [5.74, 6) is 0.378. The van der Waals surface area contributed by atoms with E-state index in [0.29, 0.717) is 17.1 Å². The number of sulfone groups is 1. The van der Waals surface area contributed by atoms with Gasteiger partial charge >= 0.3 is 0 Å². The van der Waals surface area contributed by atoms with Crippen LogP contribution in [0, 0.1) is 0 Å². The van der Waals surface area contributed by atoms with Crippen LogP contribution in [0.5, 0.6) is 5.75 Å². The summed E-state index contributed by atoms with van der Waals surface area (Å²) < 4.78 is 32.2. The molecule has 29 heavy (non-hydrogen) atoms. The Morgan fingerprint density at radius 2 is 1.72 bits per heavy atom. The predicted octanol–water partition coefficient (Wildman–Crippen LogP) is 2.39. The molecule has 0 bridgehead atoms. The number of nitrogens with zero attached hydrogens (tertiary/aromatic N) is 3. The molecule has 7 nitrogen and oxygen atoms in total. The van der Waals surface area contributed by atoms with Gasteiger partial charge in [0.1, 0.15) is 16.7 Å². The molecule has 0 spiro atoms. The van der Waals surface area contributed by atoms with E-state index in [-0.39, 0.29) is 23.9 Å². The zero-order chi connectivity index (χ0) is 20.6. The molecule has 0 N–H and O–H groups in total. The summed E-state index contributed by atoms with van der Waals surface area (Å²) in [6, 6.07) is 17.6. The van der Waals surface area contributed by atoms with Gasteiger partial charge in [0.05, 0.1) is 17.7 Å². The van der Waals surface area contributed by atoms with Crippen molar-refractivity contribution >= 4 is 15.7 Å². The minimum atomic E-state index is -3.50. The molecule has 0 radical (unpaired) electrons. The highest BCUT2D eigenvalue weighted by Crippen LogP contribution is 2.27. The van der Waals surface area contributed by atoms with Gasteiger partial charge in [-0.25, -0.2) is 8.42 Å². The fraction of sp³-hybridized carbons (Fsp3) is 0.238. The van der Waals surface area contributed by atoms with Gasteiger partial charge in [0, 0.05) is 25.7 Å². The van der Waals surface area contributed by atoms with Gasteiger partial charge < -0.3 is 9.64 Å². The number of amides is 1. The van der Waals surface area contributed by atoms with Crippen molar-refractivity contribution in [2.75, 3.05) is 20.2 Å². The highest BCUT2D eigenvalue weighted by atomic mass is 32.2. The number of carbonyl (C=O) groups excluding carboxylic acids is 1. The van der Waals surface area contributed by atoms with Gasteiger partial charge in [0.25, 0.3) is 5.91 Å². The van der Waals surface area contributed by atoms with E-state index < -0.39 is 15.1 Å². The molecule has 1 saturated heterocycles. The van der Waals surface area contributed by atoms with E-state index >= 15 is 0 Å². The molecule has 2 aromatic carbocycles. The Kier molecular flexibility index (Phi) is 4.87. The van der Waals surface area contributed by atoms with Crippen molar-refractivity contribution < 1.29 is 17.9 Å². The Hall–Kier alpha value is -3.13. The lowest BCUT2D eigenvalue weighted by Gasteiger charge is -2.38. The second-order valence-electron chi connectivity index (χ2n) is 6.96. The summed E-state index contributed by atoms with van der Waals surface area (Å²) in [5, 5.41) is 3.80. The number of methoxy groups -OCH3 is 1. The van der Waals surface area contributed by atoms with Crippen LogP contribution in [0.4, 0.5) is 0 Å². The number of benzene rings is 2. The van der Waals surface area contributed by atoms with Crippen molar-refractivity contribution in [1.29, 1.82) is 0 Å². The van der Waals surface area contributed by atoms with Gasteiger partial charge in [-0.2, -0.15) is 5.10 Å². The molecule has 150 valence electrons. The van der Waals surface area contributed by atoms with Crippen LogP contribution in [-0.4, -0.2) is 54.5 Å². The minimum Gasteiger partial charge on any atom is -0.497 e. The zero-order valence-corrected chi connectivity index (χ0v) is 17.0. The minimum absolute atomic E-state index is 0.166. The average molecular weight is 411 g/mol. The lowest BCUT2D eigenvalue weighted by molar-refractivity contribution is 0.0647. The van der Waals surface area contributed by atoms with Gasteiger partial charge in [-0.1, -0.05) is 30.3 Å². The molecule has 1 aliphatic rings. The van der Waals surface area contributed by atoms with E-state index in [0.717, 1.165) is 5.56 Å². The summed E-state index contributed by atoms with van der Waals surface area (Å²) in [5.41, 5.74) is 2.06. The van der Waals surface area contributed by atoms with Crippen molar-refractivity contribution in [2.24, 2.45) is 7.05 Å². The predicted molar refractivity (Wildman–Crippen MR) is 109 cm³/mol. The summed E-state index contributed by atoms with van der Waals surface area (Å²) >= 11 is 0. The third kappa shape index (κ3) is 3.51. The van der Waals surface area contributed by atoms with Crippen LogP contribution in [0.1, 0.15) is 10.5 Å². The average Bonchev–Trinajstić information content (AvgIpc) is 3.09. The Labute approximate surface area is 169 Å². The van der Waals surface area contributed by atoms with Crippen LogP contribution in [-0.2, 0) is 16.9 Å². The van der Waals surface area contributed by atoms with Crippen LogP contribution in [0.3, 0.4) is 0 Å². The summed E-state index contributed by atoms with van der Waals surface area (Å²) in [6.45, 7) is 0.331. The number of hydrogen-bond donors (Lipinski definition) is 0. The van der Waals surface area contributed by atoms with E-state index in [2.05, 4.69) is 5.10 Å². The summed E-state index contributed by atoms with van der Waals surface area (Å²) in [4.78, 5) is 14.6. The SMILES string of the molecule is COc1ccc(S(=O)(=O)C2CN(C(=O)c3cc(-c4ccccc4)nn3C)C2)cc1. The number of ether oxygens (including phenoxy) is 1. The van der Waals surface area contributed by atoms with Gasteiger partial charge in [-0.15, -0.1) is 0 Å². The number of hydrogen-bond acceptors (Lipinski definition) is 5. The summed E-state index contributed by atoms with van der Waals surface area (Å²) in [6.07, 6.45) is 0. The van der Waals surface area contributed by atoms with Crippen LogP contribution in [0.15, 0.2) is 65.6 Å². The van der Waals surface area contributed by atoms with Crippen molar-refractivity contribution in [3.05, 3.63) is 66.4 Å². The molecular weight excluding hydrogens is 390 g/mol. The second-order valence-corrected chi connectivity index (χ2v) is 9.19. The van der Waals surface area contributed by atoms with Gasteiger partial charge in [-0.3, -0.25) is 9.48 Å². The number of rotatable bonds is 5. The Morgan fingerprint density at radius 3 is 2.34 bits per heavy atom. The Balaban J connectivity index is 1.47. The first-order valence-corrected chi connectivity index (χ1v) is 10.7. The monoisotopic (exact) mass is 411 g/mol. The van der Waals surface area contributed by atoms with Crippen molar-refractivity contribution in [3.8, 4) is 17.0 Å². The Bertz CT molecular complexity index is 1130. The van der Waals surface area contributed by atoms with E-state index in [9.17, 15) is 13.2 Å². The normalized spacial score (nSPS) is 14.5. The van der Waals surface area contributed by atoms with Gasteiger partial charge in [-0.05, 0) is 30.3 Å². The summed E-state index contributed by atoms with van der Waals surface area (Å²) in [7, 11) is -0.254. The maximum Gasteiger partial charge on any atom is 0.272 e. The molecular formula is C21H21N3O4S. The molecule has 3 aromatic rings.